The summed E-state index contributed by atoms with van der Waals surface area (Å²) in [4.78, 5) is 30.4. The van der Waals surface area contributed by atoms with Crippen LogP contribution in [0.2, 0.25) is 0 Å². The molecule has 0 saturated heterocycles. The van der Waals surface area contributed by atoms with Crippen LogP contribution in [0.25, 0.3) is 0 Å². The summed E-state index contributed by atoms with van der Waals surface area (Å²) in [5.74, 6) is -1.77. The third kappa shape index (κ3) is 5.80. The summed E-state index contributed by atoms with van der Waals surface area (Å²) < 4.78 is 0. The second-order valence-electron chi connectivity index (χ2n) is 2.50. The van der Waals surface area contributed by atoms with Crippen molar-refractivity contribution in [3.05, 3.63) is 0 Å². The number of aldehydes is 1. The molecular weight excluding hydrogens is 176 g/mol. The third-order valence-electron chi connectivity index (χ3n) is 1.42. The van der Waals surface area contributed by atoms with E-state index in [2.05, 4.69) is 5.32 Å². The zero-order chi connectivity index (χ0) is 10.3. The lowest BCUT2D eigenvalue weighted by molar-refractivity contribution is -0.138. The largest absolute Gasteiger partial charge is 0.480 e. The van der Waals surface area contributed by atoms with Crippen molar-refractivity contribution in [2.45, 2.75) is 18.9 Å². The zero-order valence-electron chi connectivity index (χ0n) is 7.03. The molecule has 6 nitrogen and oxygen atoms in total. The Kier molecular flexibility index (Phi) is 5.45. The summed E-state index contributed by atoms with van der Waals surface area (Å²) in [7, 11) is 0. The van der Waals surface area contributed by atoms with E-state index in [4.69, 9.17) is 10.8 Å². The first-order valence-corrected chi connectivity index (χ1v) is 3.79. The molecule has 1 amide bonds. The van der Waals surface area contributed by atoms with E-state index >= 15 is 0 Å². The predicted molar refractivity (Wildman–Crippen MR) is 43.9 cm³/mol. The van der Waals surface area contributed by atoms with Crippen LogP contribution < -0.4 is 11.1 Å². The van der Waals surface area contributed by atoms with Crippen molar-refractivity contribution in [3.8, 4) is 0 Å². The Morgan fingerprint density at radius 1 is 1.54 bits per heavy atom. The summed E-state index contributed by atoms with van der Waals surface area (Å²) >= 11 is 0. The maximum atomic E-state index is 10.4. The number of nitrogens with one attached hydrogen (secondary N) is 1. The van der Waals surface area contributed by atoms with Gasteiger partial charge in [0.15, 0.2) is 0 Å². The predicted octanol–water partition coefficient (Wildman–Crippen LogP) is -1.51. The number of aliphatic carboxylic acids is 1. The number of carbonyl (C=O) groups is 3. The van der Waals surface area contributed by atoms with Crippen molar-refractivity contribution < 1.29 is 19.5 Å². The lowest BCUT2D eigenvalue weighted by Crippen LogP contribution is -2.32. The highest BCUT2D eigenvalue weighted by molar-refractivity contribution is 6.23. The van der Waals surface area contributed by atoms with Crippen molar-refractivity contribution in [3.63, 3.8) is 0 Å². The number of amides is 1. The number of carbonyl (C=O) groups excluding carboxylic acids is 2. The Balaban J connectivity index is 3.40. The van der Waals surface area contributed by atoms with Gasteiger partial charge in [-0.05, 0) is 12.8 Å². The molecule has 74 valence electrons. The Morgan fingerprint density at radius 2 is 2.15 bits per heavy atom. The first kappa shape index (κ1) is 11.6. The topological polar surface area (TPSA) is 109 Å². The van der Waals surface area contributed by atoms with Crippen molar-refractivity contribution in [2.75, 3.05) is 6.54 Å². The fourth-order valence-electron chi connectivity index (χ4n) is 0.699. The van der Waals surface area contributed by atoms with Gasteiger partial charge in [0, 0.05) is 6.54 Å². The normalized spacial score (nSPS) is 11.8. The molecule has 0 aliphatic carbocycles. The van der Waals surface area contributed by atoms with Crippen molar-refractivity contribution in [2.24, 2.45) is 5.73 Å². The van der Waals surface area contributed by atoms with E-state index in [1.165, 1.54) is 0 Å². The van der Waals surface area contributed by atoms with E-state index in [1.807, 2.05) is 0 Å². The number of hydrogen-bond acceptors (Lipinski definition) is 4. The minimum absolute atomic E-state index is 0.164. The van der Waals surface area contributed by atoms with Crippen molar-refractivity contribution >= 4 is 18.2 Å². The lowest BCUT2D eigenvalue weighted by Gasteiger charge is -2.05. The highest BCUT2D eigenvalue weighted by Crippen LogP contribution is 1.92. The summed E-state index contributed by atoms with van der Waals surface area (Å²) in [5, 5.41) is 10.6. The minimum Gasteiger partial charge on any atom is -0.480 e. The van der Waals surface area contributed by atoms with Gasteiger partial charge >= 0.3 is 5.97 Å². The van der Waals surface area contributed by atoms with Crippen LogP contribution in [0.15, 0.2) is 0 Å². The van der Waals surface area contributed by atoms with Gasteiger partial charge in [-0.1, -0.05) is 0 Å². The number of carboxylic acid groups (broad SMARTS) is 1. The van der Waals surface area contributed by atoms with E-state index in [9.17, 15) is 14.4 Å². The van der Waals surface area contributed by atoms with Gasteiger partial charge in [0.2, 0.25) is 6.29 Å². The minimum atomic E-state index is -1.07. The molecule has 0 radical (unpaired) electrons. The molecule has 0 aromatic carbocycles. The molecule has 6 heteroatoms. The van der Waals surface area contributed by atoms with Crippen LogP contribution in [-0.2, 0) is 14.4 Å². The van der Waals surface area contributed by atoms with Crippen molar-refractivity contribution in [1.29, 1.82) is 0 Å². The van der Waals surface area contributed by atoms with Gasteiger partial charge < -0.3 is 16.2 Å². The van der Waals surface area contributed by atoms with E-state index in [-0.39, 0.29) is 19.3 Å². The summed E-state index contributed by atoms with van der Waals surface area (Å²) in [6.07, 6.45) is 0.874. The van der Waals surface area contributed by atoms with Gasteiger partial charge in [0.25, 0.3) is 5.91 Å². The highest BCUT2D eigenvalue weighted by Gasteiger charge is 2.10. The average molecular weight is 188 g/mol. The first-order valence-electron chi connectivity index (χ1n) is 3.79. The quantitative estimate of drug-likeness (QED) is 0.267. The number of nitrogens with two attached hydrogens (primary N) is 1. The summed E-state index contributed by atoms with van der Waals surface area (Å²) in [5.41, 5.74) is 5.18. The number of hydrogen-bond donors (Lipinski definition) is 3. The van der Waals surface area contributed by atoms with Crippen molar-refractivity contribution in [1.82, 2.24) is 5.32 Å². The van der Waals surface area contributed by atoms with Crippen LogP contribution in [0.5, 0.6) is 0 Å². The fourth-order valence-corrected chi connectivity index (χ4v) is 0.699. The molecule has 0 spiro atoms. The molecule has 1 atom stereocenters. The number of rotatable bonds is 6. The van der Waals surface area contributed by atoms with Gasteiger partial charge in [-0.15, -0.1) is 0 Å². The molecule has 0 bridgehead atoms. The van der Waals surface area contributed by atoms with Crippen LogP contribution >= 0.6 is 0 Å². The van der Waals surface area contributed by atoms with Gasteiger partial charge in [-0.25, -0.2) is 0 Å². The van der Waals surface area contributed by atoms with Crippen LogP contribution in [0, 0.1) is 0 Å². The molecule has 0 heterocycles. The van der Waals surface area contributed by atoms with Crippen LogP contribution in [0.1, 0.15) is 12.8 Å². The molecule has 1 unspecified atom stereocenters. The van der Waals surface area contributed by atoms with E-state index in [1.54, 1.807) is 0 Å². The standard InChI is InChI=1S/C7H12N2O4/c8-5(7(12)13)2-1-3-9-6(11)4-10/h4-5H,1-3,8H2,(H,9,11)(H,12,13). The van der Waals surface area contributed by atoms with Gasteiger partial charge in [0.05, 0.1) is 0 Å². The summed E-state index contributed by atoms with van der Waals surface area (Å²) in [6.45, 7) is 0.262. The molecule has 4 N–H and O–H groups in total. The van der Waals surface area contributed by atoms with Gasteiger partial charge in [-0.2, -0.15) is 0 Å². The molecule has 0 aromatic rings. The Labute approximate surface area is 75.1 Å². The monoisotopic (exact) mass is 188 g/mol. The van der Waals surface area contributed by atoms with Gasteiger partial charge in [-0.3, -0.25) is 14.4 Å². The van der Waals surface area contributed by atoms with E-state index in [0.717, 1.165) is 0 Å². The molecule has 0 aromatic heterocycles. The SMILES string of the molecule is NC(CCCNC(=O)C=O)C(=O)O. The van der Waals surface area contributed by atoms with Crippen LogP contribution in [0.3, 0.4) is 0 Å². The summed E-state index contributed by atoms with van der Waals surface area (Å²) in [6, 6.07) is -0.909. The maximum absolute atomic E-state index is 10.4. The first-order chi connectivity index (χ1) is 6.07. The van der Waals surface area contributed by atoms with Crippen LogP contribution in [-0.4, -0.2) is 35.9 Å². The molecule has 0 saturated carbocycles. The zero-order valence-corrected chi connectivity index (χ0v) is 7.03. The van der Waals surface area contributed by atoms with E-state index in [0.29, 0.717) is 6.42 Å². The Bertz CT molecular complexity index is 205. The van der Waals surface area contributed by atoms with Crippen LogP contribution in [0.4, 0.5) is 0 Å². The number of carboxylic acids is 1. The maximum Gasteiger partial charge on any atom is 0.320 e. The highest BCUT2D eigenvalue weighted by atomic mass is 16.4. The molecule has 13 heavy (non-hydrogen) atoms. The molecule has 0 rings (SSSR count). The molecular formula is C7H12N2O4. The molecule has 0 aliphatic rings. The second kappa shape index (κ2) is 6.13. The fraction of sp³-hybridized carbons (Fsp3) is 0.571. The smallest absolute Gasteiger partial charge is 0.320 e. The third-order valence-corrected chi connectivity index (χ3v) is 1.42. The van der Waals surface area contributed by atoms with Gasteiger partial charge in [0.1, 0.15) is 6.04 Å². The van der Waals surface area contributed by atoms with E-state index < -0.39 is 17.9 Å². The lowest BCUT2D eigenvalue weighted by atomic mass is 10.2. The average Bonchev–Trinajstić information content (AvgIpc) is 2.11. The Morgan fingerprint density at radius 3 is 2.62 bits per heavy atom. The second-order valence-corrected chi connectivity index (χ2v) is 2.50. The molecule has 0 aliphatic heterocycles. The molecule has 0 fully saturated rings. The Hall–Kier alpha value is -1.43.